The first kappa shape index (κ1) is 17.7. The van der Waals surface area contributed by atoms with E-state index in [1.54, 1.807) is 12.4 Å². The average molecular weight is 351 g/mol. The third kappa shape index (κ3) is 4.72. The van der Waals surface area contributed by atoms with E-state index in [2.05, 4.69) is 57.0 Å². The van der Waals surface area contributed by atoms with Gasteiger partial charge < -0.3 is 10.6 Å². The third-order valence-corrected chi connectivity index (χ3v) is 4.08. The van der Waals surface area contributed by atoms with Crippen LogP contribution in [0, 0.1) is 0 Å². The molecule has 0 unspecified atom stereocenters. The molecule has 0 saturated heterocycles. The zero-order valence-corrected chi connectivity index (χ0v) is 15.3. The molecule has 2 N–H and O–H groups in total. The van der Waals surface area contributed by atoms with Gasteiger partial charge in [-0.15, -0.1) is 0 Å². The molecular weight excluding hydrogens is 326 g/mol. The molecule has 0 atom stereocenters. The van der Waals surface area contributed by atoms with Gasteiger partial charge in [0.15, 0.2) is 5.96 Å². The third-order valence-electron chi connectivity index (χ3n) is 4.08. The molecule has 0 aliphatic carbocycles. The van der Waals surface area contributed by atoms with Crippen molar-refractivity contribution in [3.8, 4) is 5.69 Å². The molecule has 7 nitrogen and oxygen atoms in total. The van der Waals surface area contributed by atoms with Gasteiger partial charge in [-0.1, -0.05) is 12.1 Å². The Balaban J connectivity index is 1.52. The summed E-state index contributed by atoms with van der Waals surface area (Å²) in [6.07, 6.45) is 6.44. The number of nitrogens with zero attached hydrogens (tertiary/aromatic N) is 5. The highest BCUT2D eigenvalue weighted by molar-refractivity contribution is 5.79. The first-order valence-electron chi connectivity index (χ1n) is 8.84. The van der Waals surface area contributed by atoms with Crippen LogP contribution in [-0.2, 0) is 20.0 Å². The van der Waals surface area contributed by atoms with E-state index in [0.717, 1.165) is 36.9 Å². The summed E-state index contributed by atoms with van der Waals surface area (Å²) in [4.78, 5) is 4.62. The number of benzene rings is 1. The topological polar surface area (TPSA) is 72.1 Å². The molecule has 0 spiro atoms. The quantitative estimate of drug-likeness (QED) is 0.504. The van der Waals surface area contributed by atoms with E-state index >= 15 is 0 Å². The zero-order valence-electron chi connectivity index (χ0n) is 15.3. The molecule has 26 heavy (non-hydrogen) atoms. The molecule has 1 aromatic carbocycles. The molecule has 0 fully saturated rings. The van der Waals surface area contributed by atoms with Gasteiger partial charge in [-0.25, -0.2) is 9.67 Å². The number of rotatable bonds is 7. The van der Waals surface area contributed by atoms with E-state index in [1.807, 2.05) is 34.7 Å². The van der Waals surface area contributed by atoms with Crippen LogP contribution in [0.1, 0.15) is 18.2 Å². The number of guanidine groups is 1. The molecule has 0 amide bonds. The number of aromatic nitrogens is 4. The van der Waals surface area contributed by atoms with Crippen LogP contribution in [0.2, 0.25) is 0 Å². The minimum Gasteiger partial charge on any atom is -0.357 e. The molecule has 136 valence electrons. The van der Waals surface area contributed by atoms with E-state index in [1.165, 1.54) is 5.56 Å². The summed E-state index contributed by atoms with van der Waals surface area (Å²) >= 11 is 0. The second-order valence-corrected chi connectivity index (χ2v) is 5.94. The van der Waals surface area contributed by atoms with Crippen molar-refractivity contribution in [2.24, 2.45) is 12.0 Å². The van der Waals surface area contributed by atoms with Crippen molar-refractivity contribution in [2.45, 2.75) is 19.9 Å². The Morgan fingerprint density at radius 2 is 1.92 bits per heavy atom. The normalized spacial score (nSPS) is 11.5. The van der Waals surface area contributed by atoms with Crippen LogP contribution >= 0.6 is 0 Å². The predicted octanol–water partition coefficient (Wildman–Crippen LogP) is 1.90. The fourth-order valence-corrected chi connectivity index (χ4v) is 2.62. The minimum atomic E-state index is 0.602. The summed E-state index contributed by atoms with van der Waals surface area (Å²) in [6.45, 7) is 4.31. The maximum absolute atomic E-state index is 4.62. The van der Waals surface area contributed by atoms with Gasteiger partial charge in [0.05, 0.1) is 17.9 Å². The van der Waals surface area contributed by atoms with Crippen LogP contribution in [0.3, 0.4) is 0 Å². The number of hydrogen-bond donors (Lipinski definition) is 2. The van der Waals surface area contributed by atoms with Crippen molar-refractivity contribution >= 4 is 5.96 Å². The fourth-order valence-electron chi connectivity index (χ4n) is 2.62. The predicted molar refractivity (Wildman–Crippen MR) is 103 cm³/mol. The second-order valence-electron chi connectivity index (χ2n) is 5.94. The first-order valence-corrected chi connectivity index (χ1v) is 8.84. The lowest BCUT2D eigenvalue weighted by molar-refractivity contribution is 0.707. The van der Waals surface area contributed by atoms with Gasteiger partial charge in [-0.3, -0.25) is 4.68 Å². The molecule has 0 aliphatic heterocycles. The van der Waals surface area contributed by atoms with Crippen LogP contribution in [0.15, 0.2) is 60.0 Å². The van der Waals surface area contributed by atoms with Gasteiger partial charge in [0.25, 0.3) is 0 Å². The van der Waals surface area contributed by atoms with Gasteiger partial charge in [-0.05, 0) is 43.2 Å². The monoisotopic (exact) mass is 351 g/mol. The second kappa shape index (κ2) is 8.84. The Hall–Kier alpha value is -3.09. The Morgan fingerprint density at radius 1 is 1.08 bits per heavy atom. The van der Waals surface area contributed by atoms with Crippen molar-refractivity contribution in [3.05, 3.63) is 66.2 Å². The van der Waals surface area contributed by atoms with E-state index in [9.17, 15) is 0 Å². The number of aryl methyl sites for hydroxylation is 1. The lowest BCUT2D eigenvalue weighted by Gasteiger charge is -2.11. The summed E-state index contributed by atoms with van der Waals surface area (Å²) in [5.41, 5.74) is 3.42. The van der Waals surface area contributed by atoms with E-state index in [0.29, 0.717) is 6.54 Å². The van der Waals surface area contributed by atoms with Crippen molar-refractivity contribution in [1.82, 2.24) is 30.2 Å². The van der Waals surface area contributed by atoms with Crippen LogP contribution in [-0.4, -0.2) is 38.6 Å². The average Bonchev–Trinajstić information content (AvgIpc) is 3.32. The Kier molecular flexibility index (Phi) is 6.03. The summed E-state index contributed by atoms with van der Waals surface area (Å²) in [6, 6.07) is 12.4. The Morgan fingerprint density at radius 3 is 2.58 bits per heavy atom. The maximum Gasteiger partial charge on any atom is 0.191 e. The van der Waals surface area contributed by atoms with E-state index in [4.69, 9.17) is 0 Å². The molecule has 2 aromatic heterocycles. The van der Waals surface area contributed by atoms with Crippen LogP contribution in [0.25, 0.3) is 5.69 Å². The van der Waals surface area contributed by atoms with Crippen LogP contribution in [0.5, 0.6) is 0 Å². The largest absolute Gasteiger partial charge is 0.357 e. The molecule has 0 aliphatic rings. The molecule has 0 bridgehead atoms. The number of hydrogen-bond acceptors (Lipinski definition) is 3. The summed E-state index contributed by atoms with van der Waals surface area (Å²) in [5, 5.41) is 15.1. The minimum absolute atomic E-state index is 0.602. The fraction of sp³-hybridized carbons (Fsp3) is 0.316. The smallest absolute Gasteiger partial charge is 0.191 e. The molecule has 7 heteroatoms. The lowest BCUT2D eigenvalue weighted by atomic mass is 10.1. The van der Waals surface area contributed by atoms with Gasteiger partial charge >= 0.3 is 0 Å². The van der Waals surface area contributed by atoms with E-state index < -0.39 is 0 Å². The summed E-state index contributed by atoms with van der Waals surface area (Å²) in [5.74, 6) is 0.821. The first-order chi connectivity index (χ1) is 12.8. The Labute approximate surface area is 153 Å². The summed E-state index contributed by atoms with van der Waals surface area (Å²) < 4.78 is 3.70. The standard InChI is InChI=1S/C19H25N7/c1-3-20-19(22-15-18-10-13-23-25(18)2)21-12-9-16-5-7-17(8-6-16)26-14-4-11-24-26/h4-8,10-11,13-14H,3,9,12,15H2,1-2H3,(H2,20,21,22). The van der Waals surface area contributed by atoms with Crippen molar-refractivity contribution in [1.29, 1.82) is 0 Å². The highest BCUT2D eigenvalue weighted by atomic mass is 15.3. The summed E-state index contributed by atoms with van der Waals surface area (Å²) in [7, 11) is 1.93. The maximum atomic E-state index is 4.62. The molecular formula is C19H25N7. The molecule has 2 heterocycles. The lowest BCUT2D eigenvalue weighted by Crippen LogP contribution is -2.38. The van der Waals surface area contributed by atoms with Gasteiger partial charge in [0.1, 0.15) is 0 Å². The Bertz CT molecular complexity index is 816. The highest BCUT2D eigenvalue weighted by Gasteiger charge is 2.01. The van der Waals surface area contributed by atoms with Gasteiger partial charge in [0, 0.05) is 38.7 Å². The van der Waals surface area contributed by atoms with Crippen molar-refractivity contribution < 1.29 is 0 Å². The van der Waals surface area contributed by atoms with Crippen LogP contribution in [0.4, 0.5) is 0 Å². The van der Waals surface area contributed by atoms with Gasteiger partial charge in [0.2, 0.25) is 0 Å². The van der Waals surface area contributed by atoms with Gasteiger partial charge in [-0.2, -0.15) is 10.2 Å². The molecule has 0 saturated carbocycles. The highest BCUT2D eigenvalue weighted by Crippen LogP contribution is 2.08. The van der Waals surface area contributed by atoms with Crippen molar-refractivity contribution in [3.63, 3.8) is 0 Å². The SMILES string of the molecule is CCNC(=NCc1ccnn1C)NCCc1ccc(-n2cccn2)cc1. The molecule has 0 radical (unpaired) electrons. The van der Waals surface area contributed by atoms with E-state index in [-0.39, 0.29) is 0 Å². The van der Waals surface area contributed by atoms with Crippen LogP contribution < -0.4 is 10.6 Å². The van der Waals surface area contributed by atoms with Crippen molar-refractivity contribution in [2.75, 3.05) is 13.1 Å². The number of aliphatic imine (C=N–C) groups is 1. The molecule has 3 rings (SSSR count). The number of nitrogens with one attached hydrogen (secondary N) is 2. The zero-order chi connectivity index (χ0) is 18.2. The molecule has 3 aromatic rings.